The summed E-state index contributed by atoms with van der Waals surface area (Å²) in [4.78, 5) is 12.3. The van der Waals surface area contributed by atoms with E-state index in [-0.39, 0.29) is 13.2 Å². The maximum absolute atomic E-state index is 10.5. The third kappa shape index (κ3) is 10.2. The quantitative estimate of drug-likeness (QED) is 0.580. The number of amides is 1. The summed E-state index contributed by atoms with van der Waals surface area (Å²) >= 11 is 0. The Hall–Kier alpha value is -0.690. The molecule has 1 fully saturated rings. The third-order valence-electron chi connectivity index (χ3n) is 2.15. The van der Waals surface area contributed by atoms with Crippen molar-refractivity contribution in [3.8, 4) is 0 Å². The average Bonchev–Trinajstić information content (AvgIpc) is 2.69. The third-order valence-corrected chi connectivity index (χ3v) is 2.15. The fraction of sp³-hybridized carbons (Fsp3) is 0.909. The molecule has 0 unspecified atom stereocenters. The lowest BCUT2D eigenvalue weighted by Crippen LogP contribution is -2.17. The van der Waals surface area contributed by atoms with Gasteiger partial charge in [0.15, 0.2) is 0 Å². The van der Waals surface area contributed by atoms with Crippen LogP contribution in [0, 0.1) is 0 Å². The molecule has 17 heavy (non-hydrogen) atoms. The molecule has 0 saturated carbocycles. The number of likely N-dealkylation sites (tertiary alicyclic amines) is 1. The Labute approximate surface area is 102 Å². The van der Waals surface area contributed by atoms with Crippen molar-refractivity contribution in [1.82, 2.24) is 4.90 Å². The molecule has 0 aromatic heterocycles. The lowest BCUT2D eigenvalue weighted by Gasteiger charge is -2.03. The highest BCUT2D eigenvalue weighted by Crippen LogP contribution is 2.04. The Kier molecular flexibility index (Phi) is 11.3. The first-order valence-corrected chi connectivity index (χ1v) is 5.83. The van der Waals surface area contributed by atoms with Gasteiger partial charge in [0.05, 0.1) is 39.6 Å². The van der Waals surface area contributed by atoms with Crippen molar-refractivity contribution < 1.29 is 24.5 Å². The van der Waals surface area contributed by atoms with Crippen molar-refractivity contribution in [2.45, 2.75) is 12.8 Å². The number of carbonyl (C=O) groups excluding carboxylic acids is 1. The second kappa shape index (κ2) is 11.8. The topological polar surface area (TPSA) is 79.2 Å². The van der Waals surface area contributed by atoms with E-state index < -0.39 is 0 Å². The molecule has 0 aromatic carbocycles. The summed E-state index contributed by atoms with van der Waals surface area (Å²) < 4.78 is 9.75. The van der Waals surface area contributed by atoms with Crippen LogP contribution in [-0.2, 0) is 14.3 Å². The van der Waals surface area contributed by atoms with Gasteiger partial charge in [-0.05, 0) is 6.42 Å². The molecule has 0 aliphatic carbocycles. The van der Waals surface area contributed by atoms with Gasteiger partial charge in [0, 0.05) is 20.0 Å². The van der Waals surface area contributed by atoms with E-state index in [1.165, 1.54) is 0 Å². The SMILES string of the molecule is CN1CCCC1=O.OCCOCCOCCO. The Morgan fingerprint density at radius 2 is 1.65 bits per heavy atom. The molecule has 0 bridgehead atoms. The van der Waals surface area contributed by atoms with Crippen molar-refractivity contribution >= 4 is 5.91 Å². The Bertz CT molecular complexity index is 181. The molecule has 0 atom stereocenters. The molecular formula is C11H23NO5. The summed E-state index contributed by atoms with van der Waals surface area (Å²) in [7, 11) is 1.84. The highest BCUT2D eigenvalue weighted by molar-refractivity contribution is 5.77. The van der Waals surface area contributed by atoms with Crippen LogP contribution in [0.4, 0.5) is 0 Å². The number of aliphatic hydroxyl groups is 2. The molecule has 1 aliphatic rings. The van der Waals surface area contributed by atoms with Crippen LogP contribution in [0.3, 0.4) is 0 Å². The summed E-state index contributed by atoms with van der Waals surface area (Å²) in [5.74, 6) is 0.292. The second-order valence-corrected chi connectivity index (χ2v) is 3.59. The first-order valence-electron chi connectivity index (χ1n) is 5.83. The van der Waals surface area contributed by atoms with E-state index in [0.29, 0.717) is 32.3 Å². The van der Waals surface area contributed by atoms with Crippen molar-refractivity contribution in [1.29, 1.82) is 0 Å². The van der Waals surface area contributed by atoms with E-state index in [9.17, 15) is 4.79 Å². The Morgan fingerprint density at radius 1 is 1.12 bits per heavy atom. The molecule has 2 N–H and O–H groups in total. The molecule has 102 valence electrons. The van der Waals surface area contributed by atoms with Gasteiger partial charge in [0.1, 0.15) is 0 Å². The standard InChI is InChI=1S/C6H14O4.C5H9NO/c7-1-3-9-5-6-10-4-2-8;1-6-4-2-3-5(6)7/h7-8H,1-6H2;2-4H2,1H3. The lowest BCUT2D eigenvalue weighted by atomic mass is 10.4. The largest absolute Gasteiger partial charge is 0.394 e. The van der Waals surface area contributed by atoms with Gasteiger partial charge in [-0.3, -0.25) is 4.79 Å². The van der Waals surface area contributed by atoms with Crippen molar-refractivity contribution in [3.05, 3.63) is 0 Å². The minimum absolute atomic E-state index is 0.0417. The minimum atomic E-state index is 0.0417. The fourth-order valence-electron chi connectivity index (χ4n) is 1.23. The van der Waals surface area contributed by atoms with Crippen LogP contribution in [0.2, 0.25) is 0 Å². The van der Waals surface area contributed by atoms with E-state index in [0.717, 1.165) is 19.4 Å². The zero-order valence-corrected chi connectivity index (χ0v) is 10.4. The number of hydrogen-bond acceptors (Lipinski definition) is 5. The van der Waals surface area contributed by atoms with Gasteiger partial charge in [0.2, 0.25) is 5.91 Å². The summed E-state index contributed by atoms with van der Waals surface area (Å²) in [6, 6.07) is 0. The molecule has 1 heterocycles. The number of ether oxygens (including phenoxy) is 2. The second-order valence-electron chi connectivity index (χ2n) is 3.59. The van der Waals surface area contributed by atoms with E-state index in [4.69, 9.17) is 19.7 Å². The van der Waals surface area contributed by atoms with Gasteiger partial charge in [-0.25, -0.2) is 0 Å². The van der Waals surface area contributed by atoms with E-state index in [2.05, 4.69) is 0 Å². The summed E-state index contributed by atoms with van der Waals surface area (Å²) in [6.45, 7) is 2.69. The molecule has 0 radical (unpaired) electrons. The van der Waals surface area contributed by atoms with Gasteiger partial charge in [-0.2, -0.15) is 0 Å². The normalized spacial score (nSPS) is 14.8. The van der Waals surface area contributed by atoms with Crippen LogP contribution in [0.25, 0.3) is 0 Å². The van der Waals surface area contributed by atoms with Crippen LogP contribution in [0.15, 0.2) is 0 Å². The first-order chi connectivity index (χ1) is 8.22. The van der Waals surface area contributed by atoms with Crippen LogP contribution >= 0.6 is 0 Å². The number of nitrogens with zero attached hydrogens (tertiary/aromatic N) is 1. The van der Waals surface area contributed by atoms with Crippen LogP contribution in [0.5, 0.6) is 0 Å². The average molecular weight is 249 g/mol. The van der Waals surface area contributed by atoms with Gasteiger partial charge in [0.25, 0.3) is 0 Å². The molecular weight excluding hydrogens is 226 g/mol. The molecule has 1 rings (SSSR count). The zero-order valence-electron chi connectivity index (χ0n) is 10.4. The maximum atomic E-state index is 10.5. The highest BCUT2D eigenvalue weighted by Gasteiger charge is 2.14. The van der Waals surface area contributed by atoms with Crippen molar-refractivity contribution in [2.24, 2.45) is 0 Å². The van der Waals surface area contributed by atoms with Crippen molar-refractivity contribution in [2.75, 3.05) is 53.2 Å². The van der Waals surface area contributed by atoms with Gasteiger partial charge < -0.3 is 24.6 Å². The van der Waals surface area contributed by atoms with Crippen molar-refractivity contribution in [3.63, 3.8) is 0 Å². The van der Waals surface area contributed by atoms with E-state index >= 15 is 0 Å². The lowest BCUT2D eigenvalue weighted by molar-refractivity contribution is -0.126. The number of carbonyl (C=O) groups is 1. The molecule has 1 aliphatic heterocycles. The number of rotatable bonds is 7. The first kappa shape index (κ1) is 16.3. The minimum Gasteiger partial charge on any atom is -0.394 e. The van der Waals surface area contributed by atoms with Gasteiger partial charge >= 0.3 is 0 Å². The van der Waals surface area contributed by atoms with Crippen LogP contribution in [-0.4, -0.2) is 74.3 Å². The fourth-order valence-corrected chi connectivity index (χ4v) is 1.23. The highest BCUT2D eigenvalue weighted by atomic mass is 16.5. The molecule has 6 nitrogen and oxygen atoms in total. The monoisotopic (exact) mass is 249 g/mol. The summed E-state index contributed by atoms with van der Waals surface area (Å²) in [5.41, 5.74) is 0. The molecule has 0 aromatic rings. The van der Waals surface area contributed by atoms with Crippen LogP contribution < -0.4 is 0 Å². The number of hydrogen-bond donors (Lipinski definition) is 2. The Morgan fingerprint density at radius 3 is 1.88 bits per heavy atom. The van der Waals surface area contributed by atoms with Gasteiger partial charge in [-0.1, -0.05) is 0 Å². The summed E-state index contributed by atoms with van der Waals surface area (Å²) in [6.07, 6.45) is 1.81. The van der Waals surface area contributed by atoms with Crippen LogP contribution in [0.1, 0.15) is 12.8 Å². The molecule has 0 spiro atoms. The summed E-state index contributed by atoms with van der Waals surface area (Å²) in [5, 5.41) is 16.5. The smallest absolute Gasteiger partial charge is 0.222 e. The Balaban J connectivity index is 0.000000318. The van der Waals surface area contributed by atoms with E-state index in [1.54, 1.807) is 4.90 Å². The van der Waals surface area contributed by atoms with E-state index in [1.807, 2.05) is 7.05 Å². The molecule has 1 amide bonds. The molecule has 1 saturated heterocycles. The number of aliphatic hydroxyl groups excluding tert-OH is 2. The predicted octanol–water partition coefficient (Wildman–Crippen LogP) is -0.757. The molecule has 6 heteroatoms. The zero-order chi connectivity index (χ0) is 12.9. The predicted molar refractivity (Wildman–Crippen MR) is 62.7 cm³/mol. The maximum Gasteiger partial charge on any atom is 0.222 e. The van der Waals surface area contributed by atoms with Gasteiger partial charge in [-0.15, -0.1) is 0 Å².